The van der Waals surface area contributed by atoms with Gasteiger partial charge >= 0.3 is 6.18 Å². The summed E-state index contributed by atoms with van der Waals surface area (Å²) in [4.78, 5) is 0. The van der Waals surface area contributed by atoms with E-state index in [9.17, 15) is 18.3 Å². The fourth-order valence-electron chi connectivity index (χ4n) is 5.87. The number of rotatable bonds is 3. The summed E-state index contributed by atoms with van der Waals surface area (Å²) in [6.07, 6.45) is 0.301. The van der Waals surface area contributed by atoms with Gasteiger partial charge in [0.15, 0.2) is 11.5 Å². The van der Waals surface area contributed by atoms with Crippen LogP contribution in [0.3, 0.4) is 0 Å². The van der Waals surface area contributed by atoms with Gasteiger partial charge in [0.2, 0.25) is 0 Å². The molecule has 0 aromatic heterocycles. The van der Waals surface area contributed by atoms with E-state index in [0.29, 0.717) is 23.2 Å². The van der Waals surface area contributed by atoms with Crippen molar-refractivity contribution in [2.24, 2.45) is 0 Å². The molecule has 5 rings (SSSR count). The molecule has 2 aromatic carbocycles. The average Bonchev–Trinajstić information content (AvgIpc) is 3.01. The van der Waals surface area contributed by atoms with Crippen molar-refractivity contribution >= 4 is 0 Å². The normalized spacial score (nSPS) is 30.3. The first kappa shape index (κ1) is 22.3. The first-order valence-corrected chi connectivity index (χ1v) is 11.3. The molecule has 7 heteroatoms. The van der Waals surface area contributed by atoms with Crippen LogP contribution in [0.5, 0.6) is 11.5 Å². The number of hydrogen-bond donors (Lipinski definition) is 1. The van der Waals surface area contributed by atoms with Crippen LogP contribution in [0.2, 0.25) is 0 Å². The van der Waals surface area contributed by atoms with Crippen LogP contribution in [0.25, 0.3) is 0 Å². The fraction of sp³-hybridized carbons (Fsp3) is 0.462. The van der Waals surface area contributed by atoms with Gasteiger partial charge in [-0.2, -0.15) is 13.2 Å². The van der Waals surface area contributed by atoms with E-state index < -0.39 is 17.8 Å². The van der Waals surface area contributed by atoms with Gasteiger partial charge in [0.1, 0.15) is 19.2 Å². The minimum atomic E-state index is -4.33. The second-order valence-electron chi connectivity index (χ2n) is 9.99. The highest BCUT2D eigenvalue weighted by atomic mass is 19.4. The van der Waals surface area contributed by atoms with E-state index >= 15 is 0 Å². The number of alkyl halides is 3. The molecule has 0 fully saturated rings. The lowest BCUT2D eigenvalue weighted by Gasteiger charge is -2.37. The van der Waals surface area contributed by atoms with Gasteiger partial charge < -0.3 is 19.1 Å². The predicted octanol–water partition coefficient (Wildman–Crippen LogP) is 4.89. The minimum Gasteiger partial charge on any atom is -0.493 e. The standard InChI is InChI=1S/C26H29F3NO3/c1-16-12-21(32-3)24-23-20(16)15-30(2,14-17-4-6-18(7-5-17)26(27,28)29)11-10-25(23)9-8-19(31)13-22(25)33-24/h4-9,12,19,22,31H,10-11,13-15H2,1-3H3/q+1/t19-,22?,25?,30?/m1/s1. The molecule has 33 heavy (non-hydrogen) atoms. The Hall–Kier alpha value is -2.51. The Labute approximate surface area is 191 Å². The van der Waals surface area contributed by atoms with Gasteiger partial charge in [-0.05, 0) is 30.7 Å². The molecular formula is C26H29F3NO3+. The molecule has 3 aliphatic rings. The molecule has 0 saturated heterocycles. The zero-order valence-corrected chi connectivity index (χ0v) is 19.1. The van der Waals surface area contributed by atoms with E-state index in [4.69, 9.17) is 9.47 Å². The third kappa shape index (κ3) is 3.62. The summed E-state index contributed by atoms with van der Waals surface area (Å²) in [7, 11) is 3.81. The van der Waals surface area contributed by atoms with Crippen molar-refractivity contribution in [1.82, 2.24) is 0 Å². The third-order valence-corrected chi connectivity index (χ3v) is 7.62. The van der Waals surface area contributed by atoms with Crippen LogP contribution in [0.4, 0.5) is 13.2 Å². The summed E-state index contributed by atoms with van der Waals surface area (Å²) in [5, 5.41) is 10.3. The smallest absolute Gasteiger partial charge is 0.416 e. The number of methoxy groups -OCH3 is 1. The van der Waals surface area contributed by atoms with Gasteiger partial charge in [-0.1, -0.05) is 24.3 Å². The van der Waals surface area contributed by atoms with Crippen molar-refractivity contribution in [2.75, 3.05) is 20.7 Å². The highest BCUT2D eigenvalue weighted by molar-refractivity contribution is 5.63. The second-order valence-corrected chi connectivity index (χ2v) is 9.99. The first-order chi connectivity index (χ1) is 15.5. The third-order valence-electron chi connectivity index (χ3n) is 7.62. The molecule has 0 bridgehead atoms. The molecular weight excluding hydrogens is 431 g/mol. The van der Waals surface area contributed by atoms with Gasteiger partial charge in [-0.15, -0.1) is 0 Å². The maximum absolute atomic E-state index is 13.0. The number of quaternary nitrogens is 1. The molecule has 2 heterocycles. The molecule has 0 amide bonds. The van der Waals surface area contributed by atoms with Crippen LogP contribution in [0.15, 0.2) is 42.5 Å². The van der Waals surface area contributed by atoms with Crippen LogP contribution in [0.1, 0.15) is 40.7 Å². The number of aryl methyl sites for hydroxylation is 1. The largest absolute Gasteiger partial charge is 0.493 e. The highest BCUT2D eigenvalue weighted by Gasteiger charge is 2.55. The van der Waals surface area contributed by atoms with Crippen molar-refractivity contribution in [1.29, 1.82) is 0 Å². The Balaban J connectivity index is 1.56. The SMILES string of the molecule is COc1cc(C)c2c3c1OC1C[C@H](O)C=CC31CC[N+](C)(Cc1ccc(C(F)(F)F)cc1)C2. The minimum absolute atomic E-state index is 0.167. The lowest BCUT2D eigenvalue weighted by Crippen LogP contribution is -2.46. The number of aliphatic hydroxyl groups excluding tert-OH is 1. The molecule has 0 radical (unpaired) electrons. The number of hydrogen-bond acceptors (Lipinski definition) is 3. The predicted molar refractivity (Wildman–Crippen MR) is 118 cm³/mol. The molecule has 2 aromatic rings. The Morgan fingerprint density at radius 1 is 1.24 bits per heavy atom. The second kappa shape index (κ2) is 7.50. The Morgan fingerprint density at radius 2 is 1.97 bits per heavy atom. The van der Waals surface area contributed by atoms with Crippen LogP contribution < -0.4 is 9.47 Å². The van der Waals surface area contributed by atoms with Crippen molar-refractivity contribution in [3.63, 3.8) is 0 Å². The van der Waals surface area contributed by atoms with Gasteiger partial charge in [0, 0.05) is 29.5 Å². The monoisotopic (exact) mass is 460 g/mol. The molecule has 1 spiro atoms. The molecule has 0 saturated carbocycles. The van der Waals surface area contributed by atoms with E-state index in [1.165, 1.54) is 17.7 Å². The number of aliphatic hydroxyl groups is 1. The van der Waals surface area contributed by atoms with Crippen molar-refractivity contribution in [3.8, 4) is 11.5 Å². The zero-order chi connectivity index (χ0) is 23.6. The number of ether oxygens (including phenoxy) is 2. The molecule has 2 aliphatic heterocycles. The Morgan fingerprint density at radius 3 is 2.64 bits per heavy atom. The molecule has 176 valence electrons. The van der Waals surface area contributed by atoms with E-state index in [-0.39, 0.29) is 11.5 Å². The summed E-state index contributed by atoms with van der Waals surface area (Å²) in [5.41, 5.74) is 3.41. The lowest BCUT2D eigenvalue weighted by molar-refractivity contribution is -0.935. The van der Waals surface area contributed by atoms with Crippen molar-refractivity contribution < 1.29 is 32.2 Å². The first-order valence-electron chi connectivity index (χ1n) is 11.3. The maximum Gasteiger partial charge on any atom is 0.416 e. The number of nitrogens with zero attached hydrogens (tertiary/aromatic N) is 1. The molecule has 3 unspecified atom stereocenters. The van der Waals surface area contributed by atoms with Crippen LogP contribution in [-0.2, 0) is 24.7 Å². The van der Waals surface area contributed by atoms with Crippen molar-refractivity contribution in [2.45, 2.75) is 56.7 Å². The Bertz CT molecular complexity index is 1110. The zero-order valence-electron chi connectivity index (χ0n) is 19.1. The molecule has 4 nitrogen and oxygen atoms in total. The molecule has 1 N–H and O–H groups in total. The van der Waals surface area contributed by atoms with Gasteiger partial charge in [-0.25, -0.2) is 0 Å². The maximum atomic E-state index is 13.0. The molecule has 4 atom stereocenters. The van der Waals surface area contributed by atoms with Gasteiger partial charge in [0.05, 0.1) is 37.8 Å². The number of halogens is 3. The lowest BCUT2D eigenvalue weighted by atomic mass is 9.68. The van der Waals surface area contributed by atoms with E-state index in [2.05, 4.69) is 20.0 Å². The summed E-state index contributed by atoms with van der Waals surface area (Å²) in [6, 6.07) is 7.53. The summed E-state index contributed by atoms with van der Waals surface area (Å²) >= 11 is 0. The fourth-order valence-corrected chi connectivity index (χ4v) is 5.87. The van der Waals surface area contributed by atoms with Crippen LogP contribution in [0, 0.1) is 6.92 Å². The summed E-state index contributed by atoms with van der Waals surface area (Å²) in [6.45, 7) is 4.28. The number of benzene rings is 2. The van der Waals surface area contributed by atoms with Gasteiger partial charge in [-0.3, -0.25) is 0 Å². The summed E-state index contributed by atoms with van der Waals surface area (Å²) in [5.74, 6) is 1.48. The van der Waals surface area contributed by atoms with Gasteiger partial charge in [0.25, 0.3) is 0 Å². The van der Waals surface area contributed by atoms with Crippen LogP contribution in [-0.4, -0.2) is 42.5 Å². The van der Waals surface area contributed by atoms with E-state index in [1.807, 2.05) is 12.1 Å². The summed E-state index contributed by atoms with van der Waals surface area (Å²) < 4.78 is 51.7. The van der Waals surface area contributed by atoms with E-state index in [1.54, 1.807) is 19.2 Å². The Kier molecular flexibility index (Phi) is 5.07. The average molecular weight is 461 g/mol. The van der Waals surface area contributed by atoms with E-state index in [0.717, 1.165) is 42.0 Å². The van der Waals surface area contributed by atoms with Crippen LogP contribution >= 0.6 is 0 Å². The molecule has 1 aliphatic carbocycles. The highest BCUT2D eigenvalue weighted by Crippen LogP contribution is 2.57. The topological polar surface area (TPSA) is 38.7 Å². The van der Waals surface area contributed by atoms with Crippen molar-refractivity contribution in [3.05, 3.63) is 70.3 Å². The quantitative estimate of drug-likeness (QED) is 0.524.